The molecule has 2 heterocycles. The van der Waals surface area contributed by atoms with Gasteiger partial charge in [0.1, 0.15) is 12.0 Å². The topological polar surface area (TPSA) is 75.8 Å². The Labute approximate surface area is 177 Å². The lowest BCUT2D eigenvalue weighted by atomic mass is 9.85. The van der Waals surface area contributed by atoms with Gasteiger partial charge in [0.05, 0.1) is 11.6 Å². The standard InChI is InChI=1S/C24H30N2O4/c1-15(2)8-20-13-30-23(25-20)14-29-21-6-7-22-16(3)18(5-4-17(22)9-21)10-26-11-19(12-26)24(27)28/h6-7,9,13,15,19H,4-5,8,10-12,14H2,1-3H3,(H,27,28). The van der Waals surface area contributed by atoms with E-state index in [1.54, 1.807) is 6.26 Å². The number of nitrogens with zero attached hydrogens (tertiary/aromatic N) is 2. The largest absolute Gasteiger partial charge is 0.484 e. The molecule has 6 nitrogen and oxygen atoms in total. The molecule has 0 unspecified atom stereocenters. The maximum absolute atomic E-state index is 11.0. The van der Waals surface area contributed by atoms with Gasteiger partial charge in [-0.05, 0) is 60.9 Å². The molecule has 6 heteroatoms. The van der Waals surface area contributed by atoms with Gasteiger partial charge >= 0.3 is 5.97 Å². The SMILES string of the molecule is CC1=C(CN2CC(C(=O)O)C2)CCc2cc(OCc3nc(CC(C)C)co3)ccc21. The van der Waals surface area contributed by atoms with Gasteiger partial charge in [-0.25, -0.2) is 4.98 Å². The van der Waals surface area contributed by atoms with Crippen molar-refractivity contribution in [2.24, 2.45) is 11.8 Å². The second-order valence-corrected chi connectivity index (χ2v) is 8.90. The Morgan fingerprint density at radius 2 is 2.13 bits per heavy atom. The molecule has 2 aliphatic rings. The number of allylic oxidation sites excluding steroid dienone is 1. The van der Waals surface area contributed by atoms with Crippen LogP contribution in [0.15, 0.2) is 34.5 Å². The Kier molecular flexibility index (Phi) is 5.95. The van der Waals surface area contributed by atoms with Gasteiger partial charge in [-0.15, -0.1) is 0 Å². The van der Waals surface area contributed by atoms with Crippen molar-refractivity contribution in [3.63, 3.8) is 0 Å². The summed E-state index contributed by atoms with van der Waals surface area (Å²) in [4.78, 5) is 17.7. The van der Waals surface area contributed by atoms with E-state index in [0.717, 1.165) is 37.3 Å². The van der Waals surface area contributed by atoms with Gasteiger partial charge in [-0.3, -0.25) is 9.69 Å². The van der Waals surface area contributed by atoms with E-state index in [0.29, 0.717) is 31.5 Å². The van der Waals surface area contributed by atoms with Crippen LogP contribution in [-0.2, 0) is 24.2 Å². The number of likely N-dealkylation sites (tertiary alicyclic amines) is 1. The summed E-state index contributed by atoms with van der Waals surface area (Å²) in [5, 5.41) is 9.06. The first kappa shape index (κ1) is 20.7. The van der Waals surface area contributed by atoms with Crippen molar-refractivity contribution in [2.75, 3.05) is 19.6 Å². The lowest BCUT2D eigenvalue weighted by Gasteiger charge is -2.38. The molecule has 160 valence electrons. The van der Waals surface area contributed by atoms with Crippen molar-refractivity contribution in [1.29, 1.82) is 0 Å². The minimum Gasteiger partial charge on any atom is -0.484 e. The van der Waals surface area contributed by atoms with E-state index in [1.807, 2.05) is 6.07 Å². The van der Waals surface area contributed by atoms with E-state index in [4.69, 9.17) is 14.3 Å². The first-order chi connectivity index (χ1) is 14.4. The van der Waals surface area contributed by atoms with Crippen LogP contribution in [0.5, 0.6) is 5.75 Å². The molecular formula is C24H30N2O4. The molecule has 0 saturated carbocycles. The summed E-state index contributed by atoms with van der Waals surface area (Å²) in [5.74, 6) is 1.10. The number of carbonyl (C=O) groups is 1. The smallest absolute Gasteiger partial charge is 0.309 e. The summed E-state index contributed by atoms with van der Waals surface area (Å²) < 4.78 is 11.4. The van der Waals surface area contributed by atoms with Crippen molar-refractivity contribution in [3.8, 4) is 5.75 Å². The van der Waals surface area contributed by atoms with E-state index in [1.165, 1.54) is 22.3 Å². The summed E-state index contributed by atoms with van der Waals surface area (Å²) in [6.45, 7) is 9.02. The van der Waals surface area contributed by atoms with Crippen molar-refractivity contribution in [2.45, 2.75) is 46.6 Å². The fourth-order valence-electron chi connectivity index (χ4n) is 4.29. The number of carboxylic acid groups (broad SMARTS) is 1. The first-order valence-electron chi connectivity index (χ1n) is 10.7. The zero-order valence-electron chi connectivity index (χ0n) is 18.0. The summed E-state index contributed by atoms with van der Waals surface area (Å²) in [7, 11) is 0. The molecule has 1 fully saturated rings. The number of hydrogen-bond donors (Lipinski definition) is 1. The third-order valence-electron chi connectivity index (χ3n) is 6.01. The number of oxazole rings is 1. The number of benzene rings is 1. The first-order valence-corrected chi connectivity index (χ1v) is 10.7. The molecule has 0 spiro atoms. The number of aryl methyl sites for hydroxylation is 1. The maximum atomic E-state index is 11.0. The molecule has 1 N–H and O–H groups in total. The highest BCUT2D eigenvalue weighted by molar-refractivity contribution is 5.73. The van der Waals surface area contributed by atoms with Crippen LogP contribution in [0.3, 0.4) is 0 Å². The predicted octanol–water partition coefficient (Wildman–Crippen LogP) is 4.19. The normalized spacial score (nSPS) is 17.2. The quantitative estimate of drug-likeness (QED) is 0.703. The molecule has 0 radical (unpaired) electrons. The minimum absolute atomic E-state index is 0.202. The van der Waals surface area contributed by atoms with Crippen LogP contribution in [0.2, 0.25) is 0 Å². The summed E-state index contributed by atoms with van der Waals surface area (Å²) >= 11 is 0. The zero-order valence-corrected chi connectivity index (χ0v) is 18.0. The molecule has 4 rings (SSSR count). The molecule has 1 saturated heterocycles. The van der Waals surface area contributed by atoms with Crippen molar-refractivity contribution in [3.05, 3.63) is 52.7 Å². The minimum atomic E-state index is -0.681. The summed E-state index contributed by atoms with van der Waals surface area (Å²) in [6, 6.07) is 6.26. The second kappa shape index (κ2) is 8.64. The Bertz CT molecular complexity index is 954. The molecule has 2 aromatic rings. The van der Waals surface area contributed by atoms with Crippen LogP contribution in [0, 0.1) is 11.8 Å². The van der Waals surface area contributed by atoms with Crippen LogP contribution < -0.4 is 4.74 Å². The third-order valence-corrected chi connectivity index (χ3v) is 6.01. The van der Waals surface area contributed by atoms with Crippen LogP contribution in [0.1, 0.15) is 49.9 Å². The number of ether oxygens (including phenoxy) is 1. The van der Waals surface area contributed by atoms with Crippen molar-refractivity contribution < 1.29 is 19.1 Å². The van der Waals surface area contributed by atoms with Crippen molar-refractivity contribution in [1.82, 2.24) is 9.88 Å². The monoisotopic (exact) mass is 410 g/mol. The molecular weight excluding hydrogens is 380 g/mol. The Hall–Kier alpha value is -2.60. The molecule has 1 aromatic carbocycles. The van der Waals surface area contributed by atoms with Crippen LogP contribution in [-0.4, -0.2) is 40.6 Å². The Balaban J connectivity index is 1.37. The number of aliphatic carboxylic acids is 1. The fourth-order valence-corrected chi connectivity index (χ4v) is 4.29. The molecule has 1 aliphatic heterocycles. The summed E-state index contributed by atoms with van der Waals surface area (Å²) in [6.07, 6.45) is 4.62. The molecule has 0 amide bonds. The van der Waals surface area contributed by atoms with Gasteiger partial charge in [0.15, 0.2) is 6.61 Å². The molecule has 30 heavy (non-hydrogen) atoms. The van der Waals surface area contributed by atoms with Gasteiger partial charge in [0.25, 0.3) is 0 Å². The predicted molar refractivity (Wildman–Crippen MR) is 114 cm³/mol. The van der Waals surface area contributed by atoms with Gasteiger partial charge < -0.3 is 14.3 Å². The van der Waals surface area contributed by atoms with E-state index in [9.17, 15) is 4.79 Å². The van der Waals surface area contributed by atoms with Crippen molar-refractivity contribution >= 4 is 11.5 Å². The van der Waals surface area contributed by atoms with Crippen LogP contribution in [0.25, 0.3) is 5.57 Å². The second-order valence-electron chi connectivity index (χ2n) is 8.90. The van der Waals surface area contributed by atoms with E-state index in [-0.39, 0.29) is 5.92 Å². The molecule has 0 atom stereocenters. The van der Waals surface area contributed by atoms with E-state index in [2.05, 4.69) is 42.8 Å². The average molecular weight is 411 g/mol. The lowest BCUT2D eigenvalue weighted by molar-refractivity contribution is -0.147. The Morgan fingerprint density at radius 3 is 2.87 bits per heavy atom. The van der Waals surface area contributed by atoms with Crippen LogP contribution >= 0.6 is 0 Å². The van der Waals surface area contributed by atoms with Gasteiger partial charge in [0, 0.05) is 19.6 Å². The van der Waals surface area contributed by atoms with E-state index < -0.39 is 5.97 Å². The average Bonchev–Trinajstić information content (AvgIpc) is 3.10. The molecule has 1 aliphatic carbocycles. The molecule has 1 aromatic heterocycles. The fraction of sp³-hybridized carbons (Fsp3) is 0.500. The number of aromatic nitrogens is 1. The highest BCUT2D eigenvalue weighted by atomic mass is 16.5. The molecule has 0 bridgehead atoms. The third kappa shape index (κ3) is 4.59. The zero-order chi connectivity index (χ0) is 21.3. The maximum Gasteiger partial charge on any atom is 0.309 e. The number of rotatable bonds is 8. The summed E-state index contributed by atoms with van der Waals surface area (Å²) in [5.41, 5.74) is 6.27. The highest BCUT2D eigenvalue weighted by Crippen LogP contribution is 2.34. The van der Waals surface area contributed by atoms with Gasteiger partial charge in [-0.1, -0.05) is 25.5 Å². The van der Waals surface area contributed by atoms with Gasteiger partial charge in [0.2, 0.25) is 5.89 Å². The lowest BCUT2D eigenvalue weighted by Crippen LogP contribution is -2.50. The highest BCUT2D eigenvalue weighted by Gasteiger charge is 2.33. The number of fused-ring (bicyclic) bond motifs is 1. The van der Waals surface area contributed by atoms with Crippen LogP contribution in [0.4, 0.5) is 0 Å². The van der Waals surface area contributed by atoms with E-state index >= 15 is 0 Å². The number of hydrogen-bond acceptors (Lipinski definition) is 5. The number of carboxylic acids is 1. The van der Waals surface area contributed by atoms with Gasteiger partial charge in [-0.2, -0.15) is 0 Å². The Morgan fingerprint density at radius 1 is 1.33 bits per heavy atom.